The fourth-order valence-electron chi connectivity index (χ4n) is 2.13. The molecule has 0 fully saturated rings. The summed E-state index contributed by atoms with van der Waals surface area (Å²) in [6.45, 7) is 2.30. The van der Waals surface area contributed by atoms with E-state index in [1.54, 1.807) is 0 Å². The Labute approximate surface area is 152 Å². The second-order valence-electron chi connectivity index (χ2n) is 5.51. The standard InChI is InChI=1S/C18H17BrF3NO2/c1-12-7-8-16(15(19)10-12)25-9-3-6-17(24)23-14-5-2-4-13(11-14)18(20,21)22/h2,4-5,7-8,10-11H,3,6,9H2,1H3,(H,23,24). The molecule has 0 saturated carbocycles. The van der Waals surface area contributed by atoms with Gasteiger partial charge in [-0.2, -0.15) is 13.2 Å². The number of alkyl halides is 3. The van der Waals surface area contributed by atoms with Crippen LogP contribution in [0, 0.1) is 6.92 Å². The summed E-state index contributed by atoms with van der Waals surface area (Å²) in [6, 6.07) is 10.2. The summed E-state index contributed by atoms with van der Waals surface area (Å²) in [6.07, 6.45) is -3.83. The first-order valence-corrected chi connectivity index (χ1v) is 8.41. The average molecular weight is 416 g/mol. The van der Waals surface area contributed by atoms with Gasteiger partial charge in [-0.15, -0.1) is 0 Å². The maximum Gasteiger partial charge on any atom is 0.416 e. The Kier molecular flexibility index (Phi) is 6.47. The number of carbonyl (C=O) groups excluding carboxylic acids is 1. The van der Waals surface area contributed by atoms with Gasteiger partial charge in [-0.1, -0.05) is 12.1 Å². The third-order valence-corrected chi connectivity index (χ3v) is 3.99. The topological polar surface area (TPSA) is 38.3 Å². The van der Waals surface area contributed by atoms with Crippen LogP contribution in [0.1, 0.15) is 24.0 Å². The predicted molar refractivity (Wildman–Crippen MR) is 93.7 cm³/mol. The summed E-state index contributed by atoms with van der Waals surface area (Å²) >= 11 is 3.40. The molecule has 1 amide bonds. The minimum atomic E-state index is -4.43. The Morgan fingerprint density at radius 3 is 2.64 bits per heavy atom. The Morgan fingerprint density at radius 2 is 1.96 bits per heavy atom. The molecule has 0 aliphatic rings. The van der Waals surface area contributed by atoms with Gasteiger partial charge in [-0.05, 0) is 65.2 Å². The highest BCUT2D eigenvalue weighted by atomic mass is 79.9. The third kappa shape index (κ3) is 6.08. The molecule has 2 rings (SSSR count). The van der Waals surface area contributed by atoms with Crippen LogP contribution in [-0.4, -0.2) is 12.5 Å². The quantitative estimate of drug-likeness (QED) is 0.625. The monoisotopic (exact) mass is 415 g/mol. The Balaban J connectivity index is 1.79. The highest BCUT2D eigenvalue weighted by Gasteiger charge is 2.30. The van der Waals surface area contributed by atoms with Crippen LogP contribution in [0.4, 0.5) is 18.9 Å². The lowest BCUT2D eigenvalue weighted by atomic mass is 10.2. The minimum Gasteiger partial charge on any atom is -0.492 e. The Hall–Kier alpha value is -2.02. The summed E-state index contributed by atoms with van der Waals surface area (Å²) in [5.74, 6) is 0.329. The van der Waals surface area contributed by atoms with Crippen molar-refractivity contribution in [3.8, 4) is 5.75 Å². The van der Waals surface area contributed by atoms with Crippen molar-refractivity contribution in [2.75, 3.05) is 11.9 Å². The van der Waals surface area contributed by atoms with Crippen LogP contribution >= 0.6 is 15.9 Å². The van der Waals surface area contributed by atoms with Crippen molar-refractivity contribution >= 4 is 27.5 Å². The van der Waals surface area contributed by atoms with Gasteiger partial charge >= 0.3 is 6.18 Å². The normalized spacial score (nSPS) is 11.2. The van der Waals surface area contributed by atoms with Gasteiger partial charge < -0.3 is 10.1 Å². The van der Waals surface area contributed by atoms with Crippen LogP contribution in [0.2, 0.25) is 0 Å². The molecule has 0 spiro atoms. The van der Waals surface area contributed by atoms with Crippen LogP contribution in [0.3, 0.4) is 0 Å². The van der Waals surface area contributed by atoms with E-state index in [1.165, 1.54) is 12.1 Å². The van der Waals surface area contributed by atoms with Gasteiger partial charge in [0.15, 0.2) is 0 Å². The molecule has 134 valence electrons. The van der Waals surface area contributed by atoms with E-state index in [-0.39, 0.29) is 18.0 Å². The summed E-state index contributed by atoms with van der Waals surface area (Å²) in [5.41, 5.74) is 0.430. The van der Waals surface area contributed by atoms with E-state index in [1.807, 2.05) is 25.1 Å². The zero-order valence-corrected chi connectivity index (χ0v) is 15.1. The van der Waals surface area contributed by atoms with Crippen molar-refractivity contribution in [3.63, 3.8) is 0 Å². The van der Waals surface area contributed by atoms with Gasteiger partial charge in [-0.25, -0.2) is 0 Å². The number of amides is 1. The molecule has 0 aliphatic heterocycles. The van der Waals surface area contributed by atoms with Crippen molar-refractivity contribution in [3.05, 3.63) is 58.1 Å². The molecule has 25 heavy (non-hydrogen) atoms. The van der Waals surface area contributed by atoms with E-state index in [2.05, 4.69) is 21.2 Å². The zero-order chi connectivity index (χ0) is 18.4. The van der Waals surface area contributed by atoms with E-state index in [0.29, 0.717) is 18.8 Å². The van der Waals surface area contributed by atoms with Crippen LogP contribution < -0.4 is 10.1 Å². The first-order chi connectivity index (χ1) is 11.8. The number of rotatable bonds is 6. The summed E-state index contributed by atoms with van der Waals surface area (Å²) in [7, 11) is 0. The molecule has 2 aromatic carbocycles. The molecule has 3 nitrogen and oxygen atoms in total. The molecule has 0 aromatic heterocycles. The van der Waals surface area contributed by atoms with Gasteiger partial charge in [-0.3, -0.25) is 4.79 Å². The number of carbonyl (C=O) groups is 1. The predicted octanol–water partition coefficient (Wildman–Crippen LogP) is 5.57. The summed E-state index contributed by atoms with van der Waals surface area (Å²) in [4.78, 5) is 11.8. The van der Waals surface area contributed by atoms with Gasteiger partial charge in [0.1, 0.15) is 5.75 Å². The number of benzene rings is 2. The van der Waals surface area contributed by atoms with Gasteiger partial charge in [0.05, 0.1) is 16.6 Å². The van der Waals surface area contributed by atoms with Crippen molar-refractivity contribution in [2.24, 2.45) is 0 Å². The highest BCUT2D eigenvalue weighted by molar-refractivity contribution is 9.10. The van der Waals surface area contributed by atoms with Gasteiger partial charge in [0, 0.05) is 12.1 Å². The second kappa shape index (κ2) is 8.38. The molecule has 7 heteroatoms. The van der Waals surface area contributed by atoms with E-state index < -0.39 is 11.7 Å². The summed E-state index contributed by atoms with van der Waals surface area (Å²) in [5, 5.41) is 2.47. The number of halogens is 4. The lowest BCUT2D eigenvalue weighted by Crippen LogP contribution is -2.14. The first-order valence-electron chi connectivity index (χ1n) is 7.62. The molecular formula is C18H17BrF3NO2. The summed E-state index contributed by atoms with van der Waals surface area (Å²) < 4.78 is 44.3. The van der Waals surface area contributed by atoms with Crippen molar-refractivity contribution in [1.29, 1.82) is 0 Å². The van der Waals surface area contributed by atoms with Crippen molar-refractivity contribution in [1.82, 2.24) is 0 Å². The molecule has 2 aromatic rings. The molecule has 0 unspecified atom stereocenters. The average Bonchev–Trinajstić information content (AvgIpc) is 2.52. The van der Waals surface area contributed by atoms with E-state index in [9.17, 15) is 18.0 Å². The molecule has 0 radical (unpaired) electrons. The lowest BCUT2D eigenvalue weighted by Gasteiger charge is -2.11. The molecular weight excluding hydrogens is 399 g/mol. The number of hydrogen-bond acceptors (Lipinski definition) is 2. The number of nitrogens with one attached hydrogen (secondary N) is 1. The molecule has 0 saturated heterocycles. The number of aryl methyl sites for hydroxylation is 1. The second-order valence-corrected chi connectivity index (χ2v) is 6.37. The zero-order valence-electron chi connectivity index (χ0n) is 13.5. The van der Waals surface area contributed by atoms with Crippen LogP contribution in [0.15, 0.2) is 46.9 Å². The van der Waals surface area contributed by atoms with Crippen LogP contribution in [-0.2, 0) is 11.0 Å². The van der Waals surface area contributed by atoms with E-state index in [4.69, 9.17) is 4.74 Å². The van der Waals surface area contributed by atoms with Crippen molar-refractivity contribution in [2.45, 2.75) is 25.9 Å². The largest absolute Gasteiger partial charge is 0.492 e. The number of hydrogen-bond donors (Lipinski definition) is 1. The number of anilines is 1. The highest BCUT2D eigenvalue weighted by Crippen LogP contribution is 2.30. The van der Waals surface area contributed by atoms with E-state index >= 15 is 0 Å². The Morgan fingerprint density at radius 1 is 1.20 bits per heavy atom. The maximum atomic E-state index is 12.6. The van der Waals surface area contributed by atoms with Gasteiger partial charge in [0.2, 0.25) is 5.91 Å². The molecule has 0 bridgehead atoms. The third-order valence-electron chi connectivity index (χ3n) is 3.37. The van der Waals surface area contributed by atoms with Crippen LogP contribution in [0.5, 0.6) is 5.75 Å². The molecule has 0 heterocycles. The maximum absolute atomic E-state index is 12.6. The smallest absolute Gasteiger partial charge is 0.416 e. The van der Waals surface area contributed by atoms with Gasteiger partial charge in [0.25, 0.3) is 0 Å². The molecule has 1 N–H and O–H groups in total. The Bertz CT molecular complexity index is 747. The molecule has 0 aliphatic carbocycles. The minimum absolute atomic E-state index is 0.127. The number of ether oxygens (including phenoxy) is 1. The SMILES string of the molecule is Cc1ccc(OCCCC(=O)Nc2cccc(C(F)(F)F)c2)c(Br)c1. The van der Waals surface area contributed by atoms with Crippen molar-refractivity contribution < 1.29 is 22.7 Å². The first kappa shape index (κ1) is 19.3. The fraction of sp³-hybridized carbons (Fsp3) is 0.278. The van der Waals surface area contributed by atoms with Crippen LogP contribution in [0.25, 0.3) is 0 Å². The lowest BCUT2D eigenvalue weighted by molar-refractivity contribution is -0.137. The fourth-order valence-corrected chi connectivity index (χ4v) is 2.74. The molecule has 0 atom stereocenters. The van der Waals surface area contributed by atoms with E-state index in [0.717, 1.165) is 22.2 Å².